The van der Waals surface area contributed by atoms with Crippen molar-refractivity contribution in [2.45, 2.75) is 58.4 Å². The summed E-state index contributed by atoms with van der Waals surface area (Å²) in [5.74, 6) is -2.57. The molecule has 0 bridgehead atoms. The fourth-order valence-corrected chi connectivity index (χ4v) is 4.18. The maximum Gasteiger partial charge on any atom is 0.325 e. The number of Topliss-reactive ketones (excluding diaryl/α,β-unsaturated/α-hetero) is 1. The van der Waals surface area contributed by atoms with Gasteiger partial charge in [0.2, 0.25) is 5.91 Å². The van der Waals surface area contributed by atoms with Crippen LogP contribution in [0, 0.1) is 11.7 Å². The molecule has 3 atom stereocenters. The van der Waals surface area contributed by atoms with Gasteiger partial charge in [-0.2, -0.15) is 0 Å². The van der Waals surface area contributed by atoms with E-state index in [-0.39, 0.29) is 22.3 Å². The van der Waals surface area contributed by atoms with E-state index >= 15 is 0 Å². The van der Waals surface area contributed by atoms with Crippen molar-refractivity contribution in [1.82, 2.24) is 10.6 Å². The zero-order valence-electron chi connectivity index (χ0n) is 21.8. The van der Waals surface area contributed by atoms with Crippen molar-refractivity contribution in [3.63, 3.8) is 0 Å². The summed E-state index contributed by atoms with van der Waals surface area (Å²) in [4.78, 5) is 50.3. The number of fused-ring (bicyclic) bond motifs is 1. The minimum Gasteiger partial charge on any atom is -0.484 e. The molecule has 2 aromatic carbocycles. The highest BCUT2D eigenvalue weighted by Gasteiger charge is 2.47. The van der Waals surface area contributed by atoms with Gasteiger partial charge >= 0.3 is 5.97 Å². The van der Waals surface area contributed by atoms with Crippen LogP contribution < -0.4 is 21.1 Å². The number of carbonyl (C=O) groups is 4. The first kappa shape index (κ1) is 29.1. The summed E-state index contributed by atoms with van der Waals surface area (Å²) in [5, 5.41) is 5.04. The number of amides is 2. The van der Waals surface area contributed by atoms with Gasteiger partial charge in [-0.25, -0.2) is 4.39 Å². The molecule has 0 unspecified atom stereocenters. The van der Waals surface area contributed by atoms with Gasteiger partial charge in [0.25, 0.3) is 5.91 Å². The highest BCUT2D eigenvalue weighted by molar-refractivity contribution is 6.31. The Morgan fingerprint density at radius 2 is 1.79 bits per heavy atom. The molecule has 11 heteroatoms. The lowest BCUT2D eigenvalue weighted by atomic mass is 9.85. The van der Waals surface area contributed by atoms with Crippen LogP contribution in [0.4, 0.5) is 4.39 Å². The summed E-state index contributed by atoms with van der Waals surface area (Å²) in [7, 11) is 0. The average Bonchev–Trinajstić information content (AvgIpc) is 2.84. The predicted molar refractivity (Wildman–Crippen MR) is 138 cm³/mol. The molecule has 4 N–H and O–H groups in total. The van der Waals surface area contributed by atoms with E-state index in [2.05, 4.69) is 10.6 Å². The molecule has 2 aromatic rings. The van der Waals surface area contributed by atoms with E-state index < -0.39 is 53.9 Å². The van der Waals surface area contributed by atoms with Crippen LogP contribution >= 0.6 is 11.6 Å². The van der Waals surface area contributed by atoms with Gasteiger partial charge in [-0.3, -0.25) is 19.2 Å². The van der Waals surface area contributed by atoms with E-state index in [9.17, 15) is 23.6 Å². The second-order valence-corrected chi connectivity index (χ2v) is 10.4. The van der Waals surface area contributed by atoms with Crippen LogP contribution in [0.3, 0.4) is 0 Å². The Morgan fingerprint density at radius 1 is 1.13 bits per heavy atom. The zero-order valence-corrected chi connectivity index (χ0v) is 22.5. The Morgan fingerprint density at radius 3 is 2.39 bits per heavy atom. The summed E-state index contributed by atoms with van der Waals surface area (Å²) in [6.45, 7) is 7.84. The van der Waals surface area contributed by atoms with Gasteiger partial charge in [-0.1, -0.05) is 25.4 Å². The number of nitrogens with two attached hydrogens (primary N) is 1. The Hall–Kier alpha value is -3.50. The molecule has 1 aliphatic rings. The number of halogens is 2. The van der Waals surface area contributed by atoms with E-state index in [4.69, 9.17) is 26.8 Å². The smallest absolute Gasteiger partial charge is 0.325 e. The summed E-state index contributed by atoms with van der Waals surface area (Å²) in [6.07, 6.45) is -1.08. The van der Waals surface area contributed by atoms with Crippen LogP contribution in [-0.2, 0) is 14.3 Å². The van der Waals surface area contributed by atoms with Gasteiger partial charge < -0.3 is 25.8 Å². The standard InChI is InChI=1S/C27H31ClFN3O6/c1-13(2)22(30)26(36)31-12-21(34)37-24-23(32-25(35)16-6-8-19(29)18(28)11-16)17-10-15(14(3)33)7-9-20(17)38-27(24,4)5/h6-11,13,22-24H,12,30H2,1-5H3,(H,31,36)(H,32,35)/t22-,23-,24-/m0/s1. The molecule has 0 saturated heterocycles. The zero-order chi connectivity index (χ0) is 28.4. The fraction of sp³-hybridized carbons (Fsp3) is 0.407. The third-order valence-corrected chi connectivity index (χ3v) is 6.56. The van der Waals surface area contributed by atoms with Gasteiger partial charge in [0.15, 0.2) is 11.9 Å². The second-order valence-electron chi connectivity index (χ2n) is 9.99. The Kier molecular flexibility index (Phi) is 8.79. The van der Waals surface area contributed by atoms with Gasteiger partial charge in [0, 0.05) is 16.7 Å². The van der Waals surface area contributed by atoms with Crippen LogP contribution in [0.15, 0.2) is 36.4 Å². The van der Waals surface area contributed by atoms with Crippen LogP contribution in [0.2, 0.25) is 5.02 Å². The van der Waals surface area contributed by atoms with Crippen LogP contribution in [-0.4, -0.2) is 47.9 Å². The van der Waals surface area contributed by atoms with E-state index in [1.807, 2.05) is 0 Å². The predicted octanol–water partition coefficient (Wildman–Crippen LogP) is 3.34. The largest absolute Gasteiger partial charge is 0.484 e. The normalized spacial score (nSPS) is 18.6. The Labute approximate surface area is 225 Å². The van der Waals surface area contributed by atoms with Gasteiger partial charge in [0.1, 0.15) is 23.7 Å². The minimum absolute atomic E-state index is 0.0741. The Bertz CT molecular complexity index is 1270. The van der Waals surface area contributed by atoms with Crippen LogP contribution in [0.25, 0.3) is 0 Å². The molecule has 204 valence electrons. The Balaban J connectivity index is 1.94. The molecular weight excluding hydrogens is 517 g/mol. The van der Waals surface area contributed by atoms with Crippen molar-refractivity contribution < 1.29 is 33.0 Å². The number of hydrogen-bond acceptors (Lipinski definition) is 7. The number of ketones is 1. The third-order valence-electron chi connectivity index (χ3n) is 6.27. The van der Waals surface area contributed by atoms with Crippen LogP contribution in [0.1, 0.15) is 66.9 Å². The lowest BCUT2D eigenvalue weighted by Crippen LogP contribution is -2.56. The first-order chi connectivity index (χ1) is 17.7. The van der Waals surface area contributed by atoms with E-state index in [1.54, 1.807) is 45.9 Å². The maximum absolute atomic E-state index is 13.7. The van der Waals surface area contributed by atoms with Gasteiger partial charge in [-0.05, 0) is 63.1 Å². The van der Waals surface area contributed by atoms with Crippen LogP contribution in [0.5, 0.6) is 5.75 Å². The molecule has 9 nitrogen and oxygen atoms in total. The molecule has 1 heterocycles. The molecule has 38 heavy (non-hydrogen) atoms. The molecule has 2 amide bonds. The lowest BCUT2D eigenvalue weighted by molar-refractivity contribution is -0.164. The lowest BCUT2D eigenvalue weighted by Gasteiger charge is -2.44. The summed E-state index contributed by atoms with van der Waals surface area (Å²) in [5.41, 5.74) is 5.52. The number of hydrogen-bond donors (Lipinski definition) is 3. The first-order valence-corrected chi connectivity index (χ1v) is 12.4. The second kappa shape index (κ2) is 11.5. The quantitative estimate of drug-likeness (QED) is 0.340. The highest BCUT2D eigenvalue weighted by atomic mass is 35.5. The topological polar surface area (TPSA) is 137 Å². The molecule has 3 rings (SSSR count). The van der Waals surface area contributed by atoms with E-state index in [0.29, 0.717) is 16.9 Å². The van der Waals surface area contributed by atoms with Gasteiger partial charge in [0.05, 0.1) is 17.1 Å². The van der Waals surface area contributed by atoms with E-state index in [0.717, 1.165) is 6.07 Å². The molecule has 0 aromatic heterocycles. The summed E-state index contributed by atoms with van der Waals surface area (Å²) >= 11 is 5.86. The fourth-order valence-electron chi connectivity index (χ4n) is 4.00. The average molecular weight is 548 g/mol. The van der Waals surface area contributed by atoms with Crippen molar-refractivity contribution in [3.8, 4) is 5.75 Å². The number of ether oxygens (including phenoxy) is 2. The minimum atomic E-state index is -1.14. The van der Waals surface area contributed by atoms with Crippen molar-refractivity contribution in [2.75, 3.05) is 6.54 Å². The highest BCUT2D eigenvalue weighted by Crippen LogP contribution is 2.42. The number of rotatable bonds is 8. The molecule has 0 spiro atoms. The molecule has 0 aliphatic carbocycles. The molecular formula is C27H31ClFN3O6. The number of benzene rings is 2. The van der Waals surface area contributed by atoms with Gasteiger partial charge in [-0.15, -0.1) is 0 Å². The first-order valence-electron chi connectivity index (χ1n) is 12.0. The molecule has 0 radical (unpaired) electrons. The molecule has 0 fully saturated rings. The molecule has 1 aliphatic heterocycles. The SMILES string of the molecule is CC(=O)c1ccc2c(c1)[C@H](NC(=O)c1ccc(F)c(Cl)c1)[C@H](OC(=O)CNC(=O)[C@@H](N)C(C)C)C(C)(C)O2. The van der Waals surface area contributed by atoms with Crippen molar-refractivity contribution in [1.29, 1.82) is 0 Å². The van der Waals surface area contributed by atoms with Crippen molar-refractivity contribution in [3.05, 3.63) is 63.9 Å². The van der Waals surface area contributed by atoms with E-state index in [1.165, 1.54) is 19.1 Å². The number of esters is 1. The monoisotopic (exact) mass is 547 g/mol. The van der Waals surface area contributed by atoms with Crippen molar-refractivity contribution >= 4 is 35.2 Å². The summed E-state index contributed by atoms with van der Waals surface area (Å²) < 4.78 is 25.5. The maximum atomic E-state index is 13.7. The third kappa shape index (κ3) is 6.49. The number of carbonyl (C=O) groups excluding carboxylic acids is 4. The molecule has 0 saturated carbocycles. The van der Waals surface area contributed by atoms with Crippen molar-refractivity contribution in [2.24, 2.45) is 11.7 Å². The number of nitrogens with one attached hydrogen (secondary N) is 2. The summed E-state index contributed by atoms with van der Waals surface area (Å²) in [6, 6.07) is 6.49.